The molecule has 2 atom stereocenters. The number of ether oxygens (including phenoxy) is 1. The molecule has 1 aromatic rings. The van der Waals surface area contributed by atoms with E-state index in [0.29, 0.717) is 0 Å². The molecule has 1 aromatic carbocycles. The van der Waals surface area contributed by atoms with Crippen molar-refractivity contribution < 1.29 is 13.9 Å². The van der Waals surface area contributed by atoms with E-state index >= 15 is 0 Å². The van der Waals surface area contributed by atoms with Crippen LogP contribution in [0, 0.1) is 5.82 Å². The molecule has 1 fully saturated rings. The molecule has 1 aliphatic rings. The van der Waals surface area contributed by atoms with E-state index in [1.807, 2.05) is 6.92 Å². The molecule has 0 aliphatic carbocycles. The number of hydrogen-bond acceptors (Lipinski definition) is 2. The van der Waals surface area contributed by atoms with Gasteiger partial charge in [0.25, 0.3) is 0 Å². The fourth-order valence-corrected chi connectivity index (χ4v) is 2.18. The van der Waals surface area contributed by atoms with E-state index in [-0.39, 0.29) is 30.3 Å². The molecular weight excluding hydrogens is 233 g/mol. The van der Waals surface area contributed by atoms with Gasteiger partial charge in [0.05, 0.1) is 18.6 Å². The summed E-state index contributed by atoms with van der Waals surface area (Å²) >= 11 is 0. The van der Waals surface area contributed by atoms with Gasteiger partial charge in [0.1, 0.15) is 5.82 Å². The highest BCUT2D eigenvalue weighted by Crippen LogP contribution is 2.15. The molecule has 4 heteroatoms. The van der Waals surface area contributed by atoms with Gasteiger partial charge in [-0.1, -0.05) is 12.1 Å². The van der Waals surface area contributed by atoms with Gasteiger partial charge in [0.15, 0.2) is 0 Å². The van der Waals surface area contributed by atoms with Crippen LogP contribution >= 0.6 is 0 Å². The number of carbonyl (C=O) groups is 1. The lowest BCUT2D eigenvalue weighted by Crippen LogP contribution is -2.41. The lowest BCUT2D eigenvalue weighted by Gasteiger charge is -2.19. The van der Waals surface area contributed by atoms with Gasteiger partial charge >= 0.3 is 0 Å². The number of hydrogen-bond donors (Lipinski definition) is 1. The van der Waals surface area contributed by atoms with E-state index < -0.39 is 0 Å². The molecule has 1 N–H and O–H groups in total. The molecule has 18 heavy (non-hydrogen) atoms. The van der Waals surface area contributed by atoms with Crippen LogP contribution in [-0.2, 0) is 16.0 Å². The Hall–Kier alpha value is -1.42. The van der Waals surface area contributed by atoms with Crippen LogP contribution in [0.3, 0.4) is 0 Å². The lowest BCUT2D eigenvalue weighted by molar-refractivity contribution is -0.121. The van der Waals surface area contributed by atoms with Crippen molar-refractivity contribution in [1.29, 1.82) is 0 Å². The largest absolute Gasteiger partial charge is 0.376 e. The van der Waals surface area contributed by atoms with Crippen LogP contribution in [0.2, 0.25) is 0 Å². The standard InChI is InChI=1S/C14H18FNO2/c1-10(13-3-2-8-18-13)16-14(17)9-11-4-6-12(15)7-5-11/h4-7,10,13H,2-3,8-9H2,1H3,(H,16,17). The fourth-order valence-electron chi connectivity index (χ4n) is 2.18. The molecule has 1 aliphatic heterocycles. The van der Waals surface area contributed by atoms with Crippen molar-refractivity contribution in [3.05, 3.63) is 35.6 Å². The Kier molecular flexibility index (Phi) is 4.31. The summed E-state index contributed by atoms with van der Waals surface area (Å²) in [5, 5.41) is 2.93. The highest BCUT2D eigenvalue weighted by molar-refractivity contribution is 5.78. The summed E-state index contributed by atoms with van der Waals surface area (Å²) in [4.78, 5) is 11.8. The van der Waals surface area contributed by atoms with Crippen molar-refractivity contribution in [3.63, 3.8) is 0 Å². The second kappa shape index (κ2) is 5.96. The Balaban J connectivity index is 1.82. The molecular formula is C14H18FNO2. The highest BCUT2D eigenvalue weighted by atomic mass is 19.1. The van der Waals surface area contributed by atoms with Crippen molar-refractivity contribution in [1.82, 2.24) is 5.32 Å². The van der Waals surface area contributed by atoms with Gasteiger partial charge in [0, 0.05) is 6.61 Å². The van der Waals surface area contributed by atoms with E-state index in [4.69, 9.17) is 4.74 Å². The van der Waals surface area contributed by atoms with Gasteiger partial charge in [-0.25, -0.2) is 4.39 Å². The first-order chi connectivity index (χ1) is 8.65. The third kappa shape index (κ3) is 3.53. The van der Waals surface area contributed by atoms with Crippen LogP contribution in [0.5, 0.6) is 0 Å². The Morgan fingerprint density at radius 2 is 2.22 bits per heavy atom. The molecule has 1 heterocycles. The minimum absolute atomic E-state index is 0.0282. The van der Waals surface area contributed by atoms with Crippen molar-refractivity contribution in [2.24, 2.45) is 0 Å². The number of carbonyl (C=O) groups excluding carboxylic acids is 1. The topological polar surface area (TPSA) is 38.3 Å². The number of halogens is 1. The molecule has 0 bridgehead atoms. The predicted molar refractivity (Wildman–Crippen MR) is 66.7 cm³/mol. The zero-order valence-corrected chi connectivity index (χ0v) is 10.5. The number of amides is 1. The summed E-state index contributed by atoms with van der Waals surface area (Å²) in [6.07, 6.45) is 2.46. The van der Waals surface area contributed by atoms with Crippen molar-refractivity contribution in [2.75, 3.05) is 6.61 Å². The van der Waals surface area contributed by atoms with Gasteiger partial charge in [-0.2, -0.15) is 0 Å². The number of rotatable bonds is 4. The van der Waals surface area contributed by atoms with Crippen molar-refractivity contribution >= 4 is 5.91 Å². The molecule has 1 amide bonds. The first-order valence-electron chi connectivity index (χ1n) is 6.30. The SMILES string of the molecule is CC(NC(=O)Cc1ccc(F)cc1)C1CCCO1. The third-order valence-corrected chi connectivity index (χ3v) is 3.19. The second-order valence-corrected chi connectivity index (χ2v) is 4.71. The zero-order chi connectivity index (χ0) is 13.0. The maximum atomic E-state index is 12.7. The zero-order valence-electron chi connectivity index (χ0n) is 10.5. The fraction of sp³-hybridized carbons (Fsp3) is 0.500. The maximum absolute atomic E-state index is 12.7. The van der Waals surface area contributed by atoms with Gasteiger partial charge < -0.3 is 10.1 Å². The van der Waals surface area contributed by atoms with E-state index in [1.54, 1.807) is 12.1 Å². The van der Waals surface area contributed by atoms with Gasteiger partial charge in [-0.05, 0) is 37.5 Å². The van der Waals surface area contributed by atoms with Crippen LogP contribution in [0.4, 0.5) is 4.39 Å². The Morgan fingerprint density at radius 3 is 2.83 bits per heavy atom. The quantitative estimate of drug-likeness (QED) is 0.889. The Morgan fingerprint density at radius 1 is 1.50 bits per heavy atom. The van der Waals surface area contributed by atoms with Crippen LogP contribution in [0.25, 0.3) is 0 Å². The van der Waals surface area contributed by atoms with Gasteiger partial charge in [-0.15, -0.1) is 0 Å². The highest BCUT2D eigenvalue weighted by Gasteiger charge is 2.23. The first-order valence-corrected chi connectivity index (χ1v) is 6.30. The van der Waals surface area contributed by atoms with Crippen LogP contribution in [0.1, 0.15) is 25.3 Å². The van der Waals surface area contributed by atoms with E-state index in [1.165, 1.54) is 12.1 Å². The second-order valence-electron chi connectivity index (χ2n) is 4.71. The summed E-state index contributed by atoms with van der Waals surface area (Å²) in [5.41, 5.74) is 0.813. The summed E-state index contributed by atoms with van der Waals surface area (Å²) in [5.74, 6) is -0.337. The number of benzene rings is 1. The first kappa shape index (κ1) is 13.0. The lowest BCUT2D eigenvalue weighted by atomic mass is 10.1. The van der Waals surface area contributed by atoms with E-state index in [2.05, 4.69) is 5.32 Å². The molecule has 1 saturated heterocycles. The Bertz CT molecular complexity index is 399. The van der Waals surface area contributed by atoms with Gasteiger partial charge in [0.2, 0.25) is 5.91 Å². The smallest absolute Gasteiger partial charge is 0.224 e. The number of nitrogens with one attached hydrogen (secondary N) is 1. The molecule has 0 saturated carbocycles. The predicted octanol–water partition coefficient (Wildman–Crippen LogP) is 2.05. The summed E-state index contributed by atoms with van der Waals surface area (Å²) in [7, 11) is 0. The summed E-state index contributed by atoms with van der Waals surface area (Å²) in [6, 6.07) is 6.02. The van der Waals surface area contributed by atoms with Crippen LogP contribution in [-0.4, -0.2) is 24.7 Å². The van der Waals surface area contributed by atoms with Gasteiger partial charge in [-0.3, -0.25) is 4.79 Å². The summed E-state index contributed by atoms with van der Waals surface area (Å²) in [6.45, 7) is 2.74. The molecule has 98 valence electrons. The molecule has 3 nitrogen and oxygen atoms in total. The average molecular weight is 251 g/mol. The average Bonchev–Trinajstić information content (AvgIpc) is 2.85. The minimum Gasteiger partial charge on any atom is -0.376 e. The van der Waals surface area contributed by atoms with E-state index in [0.717, 1.165) is 25.0 Å². The minimum atomic E-state index is -0.285. The van der Waals surface area contributed by atoms with Crippen LogP contribution in [0.15, 0.2) is 24.3 Å². The Labute approximate surface area is 106 Å². The molecule has 0 radical (unpaired) electrons. The van der Waals surface area contributed by atoms with Crippen LogP contribution < -0.4 is 5.32 Å². The van der Waals surface area contributed by atoms with Crippen molar-refractivity contribution in [2.45, 2.75) is 38.3 Å². The third-order valence-electron chi connectivity index (χ3n) is 3.19. The van der Waals surface area contributed by atoms with E-state index in [9.17, 15) is 9.18 Å². The summed E-state index contributed by atoms with van der Waals surface area (Å²) < 4.78 is 18.2. The van der Waals surface area contributed by atoms with Crippen molar-refractivity contribution in [3.8, 4) is 0 Å². The molecule has 0 spiro atoms. The molecule has 2 rings (SSSR count). The molecule has 0 aromatic heterocycles. The monoisotopic (exact) mass is 251 g/mol. The molecule has 2 unspecified atom stereocenters. The normalized spacial score (nSPS) is 20.7. The maximum Gasteiger partial charge on any atom is 0.224 e.